The van der Waals surface area contributed by atoms with E-state index in [1.165, 1.54) is 19.3 Å². The van der Waals surface area contributed by atoms with Gasteiger partial charge < -0.3 is 10.0 Å². The van der Waals surface area contributed by atoms with Crippen molar-refractivity contribution in [3.63, 3.8) is 0 Å². The van der Waals surface area contributed by atoms with Crippen LogP contribution >= 0.6 is 0 Å². The second-order valence-electron chi connectivity index (χ2n) is 4.96. The Balaban J connectivity index is 1.59. The third-order valence-electron chi connectivity index (χ3n) is 3.39. The number of hydrogen-bond acceptors (Lipinski definition) is 4. The standard InChI is InChI=1S/C13H24N2O2/c16-13(11-14-7-3-1-4-8-14)12-17-15-9-5-2-6-10-15/h2,5,13,16H,1,3-4,6-12H2. The number of aliphatic hydroxyl groups is 1. The topological polar surface area (TPSA) is 35.9 Å². The molecule has 1 N–H and O–H groups in total. The second-order valence-corrected chi connectivity index (χ2v) is 4.96. The van der Waals surface area contributed by atoms with Crippen LogP contribution in [0.5, 0.6) is 0 Å². The minimum Gasteiger partial charge on any atom is -0.389 e. The van der Waals surface area contributed by atoms with Gasteiger partial charge in [-0.15, -0.1) is 0 Å². The fourth-order valence-electron chi connectivity index (χ4n) is 2.42. The zero-order chi connectivity index (χ0) is 11.9. The Morgan fingerprint density at radius 1 is 1.12 bits per heavy atom. The second kappa shape index (κ2) is 7.11. The van der Waals surface area contributed by atoms with Gasteiger partial charge in [-0.2, -0.15) is 5.06 Å². The molecule has 0 aromatic rings. The highest BCUT2D eigenvalue weighted by atomic mass is 16.7. The Morgan fingerprint density at radius 3 is 2.65 bits per heavy atom. The number of rotatable bonds is 5. The van der Waals surface area contributed by atoms with Gasteiger partial charge in [0.2, 0.25) is 0 Å². The molecule has 4 heteroatoms. The van der Waals surface area contributed by atoms with Crippen molar-refractivity contribution in [2.24, 2.45) is 0 Å². The molecule has 0 amide bonds. The van der Waals surface area contributed by atoms with E-state index in [1.807, 2.05) is 5.06 Å². The van der Waals surface area contributed by atoms with Crippen LogP contribution in [0.25, 0.3) is 0 Å². The number of likely N-dealkylation sites (tertiary alicyclic amines) is 1. The van der Waals surface area contributed by atoms with Gasteiger partial charge in [0.05, 0.1) is 12.7 Å². The van der Waals surface area contributed by atoms with E-state index >= 15 is 0 Å². The maximum absolute atomic E-state index is 9.92. The zero-order valence-corrected chi connectivity index (χ0v) is 10.6. The number of β-amino-alcohol motifs (C(OH)–C–C–N with tert-alkyl or cyclic N) is 1. The number of hydroxylamine groups is 2. The zero-order valence-electron chi connectivity index (χ0n) is 10.6. The molecule has 2 heterocycles. The van der Waals surface area contributed by atoms with Crippen LogP contribution in [-0.4, -0.2) is 60.5 Å². The number of nitrogens with zero attached hydrogens (tertiary/aromatic N) is 2. The molecule has 0 aromatic heterocycles. The number of aliphatic hydroxyl groups excluding tert-OH is 1. The van der Waals surface area contributed by atoms with Crippen molar-refractivity contribution in [1.29, 1.82) is 0 Å². The molecular weight excluding hydrogens is 216 g/mol. The van der Waals surface area contributed by atoms with Crippen molar-refractivity contribution in [3.05, 3.63) is 12.2 Å². The van der Waals surface area contributed by atoms with Gasteiger partial charge in [0.15, 0.2) is 0 Å². The lowest BCUT2D eigenvalue weighted by atomic mass is 10.1. The van der Waals surface area contributed by atoms with Crippen LogP contribution in [0, 0.1) is 0 Å². The molecule has 0 bridgehead atoms. The molecule has 1 unspecified atom stereocenters. The fraction of sp³-hybridized carbons (Fsp3) is 0.846. The maximum atomic E-state index is 9.92. The van der Waals surface area contributed by atoms with Crippen molar-refractivity contribution in [3.8, 4) is 0 Å². The Bertz CT molecular complexity index is 240. The first-order valence-corrected chi connectivity index (χ1v) is 6.78. The third kappa shape index (κ3) is 4.76. The quantitative estimate of drug-likeness (QED) is 0.728. The van der Waals surface area contributed by atoms with E-state index in [0.717, 1.165) is 39.1 Å². The normalized spacial score (nSPS) is 25.0. The van der Waals surface area contributed by atoms with Crippen LogP contribution in [0.4, 0.5) is 0 Å². The molecule has 2 rings (SSSR count). The molecule has 17 heavy (non-hydrogen) atoms. The lowest BCUT2D eigenvalue weighted by Crippen LogP contribution is -2.40. The van der Waals surface area contributed by atoms with E-state index in [4.69, 9.17) is 4.84 Å². The molecule has 0 spiro atoms. The smallest absolute Gasteiger partial charge is 0.0957 e. The first kappa shape index (κ1) is 13.0. The number of piperidine rings is 1. The van der Waals surface area contributed by atoms with Gasteiger partial charge in [0.25, 0.3) is 0 Å². The van der Waals surface area contributed by atoms with Crippen LogP contribution in [0.15, 0.2) is 12.2 Å². The summed E-state index contributed by atoms with van der Waals surface area (Å²) in [6.45, 7) is 5.21. The highest BCUT2D eigenvalue weighted by Crippen LogP contribution is 2.09. The lowest BCUT2D eigenvalue weighted by molar-refractivity contribution is -0.175. The van der Waals surface area contributed by atoms with Crippen molar-refractivity contribution >= 4 is 0 Å². The minimum atomic E-state index is -0.362. The van der Waals surface area contributed by atoms with E-state index in [9.17, 15) is 5.11 Å². The molecule has 0 aromatic carbocycles. The van der Waals surface area contributed by atoms with Gasteiger partial charge in [-0.05, 0) is 32.4 Å². The molecule has 0 saturated carbocycles. The van der Waals surface area contributed by atoms with E-state index in [2.05, 4.69) is 17.1 Å². The summed E-state index contributed by atoms with van der Waals surface area (Å²) in [7, 11) is 0. The molecule has 4 nitrogen and oxygen atoms in total. The molecule has 2 aliphatic heterocycles. The first-order valence-electron chi connectivity index (χ1n) is 6.78. The van der Waals surface area contributed by atoms with E-state index in [0.29, 0.717) is 6.61 Å². The molecule has 1 atom stereocenters. The summed E-state index contributed by atoms with van der Waals surface area (Å²) >= 11 is 0. The molecule has 1 saturated heterocycles. The van der Waals surface area contributed by atoms with E-state index < -0.39 is 0 Å². The van der Waals surface area contributed by atoms with Crippen LogP contribution in [0.3, 0.4) is 0 Å². The van der Waals surface area contributed by atoms with Crippen LogP contribution in [0.1, 0.15) is 25.7 Å². The van der Waals surface area contributed by atoms with Crippen LogP contribution in [0.2, 0.25) is 0 Å². The molecule has 1 fully saturated rings. The summed E-state index contributed by atoms with van der Waals surface area (Å²) in [5, 5.41) is 11.9. The number of hydrogen-bond donors (Lipinski definition) is 1. The monoisotopic (exact) mass is 240 g/mol. The Labute approximate surface area is 104 Å². The van der Waals surface area contributed by atoms with Crippen LogP contribution in [-0.2, 0) is 4.84 Å². The van der Waals surface area contributed by atoms with Gasteiger partial charge in [-0.25, -0.2) is 0 Å². The predicted octanol–water partition coefficient (Wildman–Crippen LogP) is 1.03. The lowest BCUT2D eigenvalue weighted by Gasteiger charge is -2.29. The van der Waals surface area contributed by atoms with Crippen molar-refractivity contribution in [2.45, 2.75) is 31.8 Å². The fourth-order valence-corrected chi connectivity index (χ4v) is 2.42. The highest BCUT2D eigenvalue weighted by molar-refractivity contribution is 4.88. The SMILES string of the molecule is OC(CON1CC=CCC1)CN1CCCCC1. The Kier molecular flexibility index (Phi) is 5.45. The molecule has 0 aliphatic carbocycles. The van der Waals surface area contributed by atoms with Gasteiger partial charge in [0, 0.05) is 19.6 Å². The van der Waals surface area contributed by atoms with E-state index in [-0.39, 0.29) is 6.10 Å². The summed E-state index contributed by atoms with van der Waals surface area (Å²) in [5.74, 6) is 0. The largest absolute Gasteiger partial charge is 0.389 e. The van der Waals surface area contributed by atoms with Gasteiger partial charge in [-0.3, -0.25) is 4.84 Å². The average Bonchev–Trinajstić information content (AvgIpc) is 2.39. The summed E-state index contributed by atoms with van der Waals surface area (Å²) in [5.41, 5.74) is 0. The van der Waals surface area contributed by atoms with Crippen molar-refractivity contribution in [1.82, 2.24) is 9.96 Å². The van der Waals surface area contributed by atoms with Crippen molar-refractivity contribution < 1.29 is 9.94 Å². The minimum absolute atomic E-state index is 0.362. The molecule has 98 valence electrons. The maximum Gasteiger partial charge on any atom is 0.0957 e. The molecule has 2 aliphatic rings. The highest BCUT2D eigenvalue weighted by Gasteiger charge is 2.16. The predicted molar refractivity (Wildman–Crippen MR) is 67.6 cm³/mol. The molecule has 0 radical (unpaired) electrons. The first-order chi connectivity index (χ1) is 8.34. The van der Waals surface area contributed by atoms with Gasteiger partial charge in [0.1, 0.15) is 0 Å². The summed E-state index contributed by atoms with van der Waals surface area (Å²) < 4.78 is 0. The summed E-state index contributed by atoms with van der Waals surface area (Å²) in [6.07, 6.45) is 8.84. The Hall–Kier alpha value is -0.420. The van der Waals surface area contributed by atoms with Crippen molar-refractivity contribution in [2.75, 3.05) is 39.3 Å². The average molecular weight is 240 g/mol. The third-order valence-corrected chi connectivity index (χ3v) is 3.39. The Morgan fingerprint density at radius 2 is 1.94 bits per heavy atom. The summed E-state index contributed by atoms with van der Waals surface area (Å²) in [4.78, 5) is 7.93. The molecular formula is C13H24N2O2. The summed E-state index contributed by atoms with van der Waals surface area (Å²) in [6, 6.07) is 0. The van der Waals surface area contributed by atoms with Crippen LogP contribution < -0.4 is 0 Å². The van der Waals surface area contributed by atoms with Gasteiger partial charge >= 0.3 is 0 Å². The van der Waals surface area contributed by atoms with Gasteiger partial charge in [-0.1, -0.05) is 18.6 Å². The van der Waals surface area contributed by atoms with E-state index in [1.54, 1.807) is 0 Å².